The fourth-order valence-electron chi connectivity index (χ4n) is 3.81. The Hall–Kier alpha value is -3.68. The smallest absolute Gasteiger partial charge is 0.125 e. The largest absolute Gasteiger partial charge is 0.361 e. The topological polar surface area (TPSA) is 87.5 Å². The number of hydrogen-bond acceptors (Lipinski definition) is 5. The van der Waals surface area contributed by atoms with Crippen molar-refractivity contribution < 1.29 is 4.74 Å². The SMILES string of the molecule is Cc1cccc(-c2cc(C(OCc3ccc(C#N)cn3)c3cncn3C)ccc2C#N)c1C.Cl.Cl. The molecule has 0 saturated carbocycles. The van der Waals surface area contributed by atoms with Crippen LogP contribution in [0.3, 0.4) is 0 Å². The summed E-state index contributed by atoms with van der Waals surface area (Å²) in [5.41, 5.74) is 7.89. The molecule has 0 aliphatic heterocycles. The van der Waals surface area contributed by atoms with Crippen molar-refractivity contribution in [3.8, 4) is 23.3 Å². The van der Waals surface area contributed by atoms with Gasteiger partial charge in [-0.05, 0) is 60.4 Å². The number of aromatic nitrogens is 3. The molecule has 4 rings (SSSR count). The van der Waals surface area contributed by atoms with Crippen molar-refractivity contribution >= 4 is 24.8 Å². The summed E-state index contributed by atoms with van der Waals surface area (Å²) in [5.74, 6) is 0. The second-order valence-electron chi connectivity index (χ2n) is 7.93. The molecule has 2 aromatic heterocycles. The normalized spacial score (nSPS) is 10.9. The van der Waals surface area contributed by atoms with Gasteiger partial charge in [0.05, 0.1) is 47.7 Å². The van der Waals surface area contributed by atoms with Gasteiger partial charge in [0.1, 0.15) is 12.2 Å². The minimum absolute atomic E-state index is 0. The lowest BCUT2D eigenvalue weighted by molar-refractivity contribution is 0.0601. The molecule has 2 aromatic carbocycles. The predicted octanol–water partition coefficient (Wildman–Crippen LogP) is 5.99. The standard InChI is InChI=1S/C27H23N5O.2ClH/c1-18-5-4-6-24(19(18)2)25-11-21(8-9-22(25)13-29)27(26-15-30-17-32(26)3)33-16-23-10-7-20(12-28)14-31-23;;/h4-11,14-15,17,27H,16H2,1-3H3;2*1H. The van der Waals surface area contributed by atoms with E-state index in [4.69, 9.17) is 10.00 Å². The number of imidazole rings is 1. The molecule has 0 radical (unpaired) electrons. The zero-order valence-electron chi connectivity index (χ0n) is 19.6. The average Bonchev–Trinajstić information content (AvgIpc) is 3.27. The maximum absolute atomic E-state index is 9.77. The zero-order valence-corrected chi connectivity index (χ0v) is 21.2. The average molecular weight is 506 g/mol. The van der Waals surface area contributed by atoms with Crippen LogP contribution >= 0.6 is 24.8 Å². The highest BCUT2D eigenvalue weighted by Crippen LogP contribution is 2.34. The second kappa shape index (κ2) is 12.1. The maximum atomic E-state index is 9.77. The lowest BCUT2D eigenvalue weighted by Gasteiger charge is -2.20. The summed E-state index contributed by atoms with van der Waals surface area (Å²) >= 11 is 0. The highest BCUT2D eigenvalue weighted by molar-refractivity contribution is 5.85. The molecule has 1 atom stereocenters. The molecular formula is C27H25Cl2N5O. The molecule has 0 N–H and O–H groups in total. The molecule has 35 heavy (non-hydrogen) atoms. The summed E-state index contributed by atoms with van der Waals surface area (Å²) in [6, 6.07) is 19.9. The van der Waals surface area contributed by atoms with E-state index in [1.807, 2.05) is 41.9 Å². The third-order valence-corrected chi connectivity index (χ3v) is 5.84. The summed E-state index contributed by atoms with van der Waals surface area (Å²) in [4.78, 5) is 8.58. The van der Waals surface area contributed by atoms with Gasteiger partial charge in [-0.25, -0.2) is 4.98 Å². The van der Waals surface area contributed by atoms with Crippen LogP contribution in [0, 0.1) is 36.5 Å². The van der Waals surface area contributed by atoms with E-state index in [2.05, 4.69) is 42.0 Å². The van der Waals surface area contributed by atoms with Crippen LogP contribution in [0.15, 0.2) is 67.3 Å². The van der Waals surface area contributed by atoms with Crippen LogP contribution in [0.2, 0.25) is 0 Å². The van der Waals surface area contributed by atoms with Crippen molar-refractivity contribution in [3.63, 3.8) is 0 Å². The van der Waals surface area contributed by atoms with Gasteiger partial charge in [-0.3, -0.25) is 4.98 Å². The van der Waals surface area contributed by atoms with Crippen LogP contribution < -0.4 is 0 Å². The molecule has 0 aliphatic rings. The monoisotopic (exact) mass is 505 g/mol. The molecule has 4 aromatic rings. The molecular weight excluding hydrogens is 481 g/mol. The number of nitrogens with zero attached hydrogens (tertiary/aromatic N) is 5. The molecule has 1 unspecified atom stereocenters. The fraction of sp³-hybridized carbons (Fsp3) is 0.185. The number of rotatable bonds is 6. The van der Waals surface area contributed by atoms with E-state index in [1.54, 1.807) is 24.7 Å². The zero-order chi connectivity index (χ0) is 23.4. The first-order chi connectivity index (χ1) is 16.0. The van der Waals surface area contributed by atoms with Gasteiger partial charge < -0.3 is 9.30 Å². The summed E-state index contributed by atoms with van der Waals surface area (Å²) in [5, 5.41) is 18.8. The van der Waals surface area contributed by atoms with Crippen molar-refractivity contribution in [2.75, 3.05) is 0 Å². The summed E-state index contributed by atoms with van der Waals surface area (Å²) in [7, 11) is 1.92. The van der Waals surface area contributed by atoms with Crippen molar-refractivity contribution in [2.45, 2.75) is 26.6 Å². The lowest BCUT2D eigenvalue weighted by atomic mass is 9.91. The van der Waals surface area contributed by atoms with Crippen LogP contribution in [-0.4, -0.2) is 14.5 Å². The Morgan fingerprint density at radius 1 is 0.971 bits per heavy atom. The van der Waals surface area contributed by atoms with E-state index < -0.39 is 6.10 Å². The van der Waals surface area contributed by atoms with Crippen LogP contribution in [0.5, 0.6) is 0 Å². The number of aryl methyl sites for hydroxylation is 2. The summed E-state index contributed by atoms with van der Waals surface area (Å²) in [6.45, 7) is 4.41. The van der Waals surface area contributed by atoms with Gasteiger partial charge in [0.25, 0.3) is 0 Å². The van der Waals surface area contributed by atoms with E-state index in [0.29, 0.717) is 11.1 Å². The van der Waals surface area contributed by atoms with E-state index in [1.165, 1.54) is 11.8 Å². The van der Waals surface area contributed by atoms with Gasteiger partial charge in [0, 0.05) is 18.8 Å². The molecule has 0 fully saturated rings. The number of pyridine rings is 1. The van der Waals surface area contributed by atoms with Gasteiger partial charge >= 0.3 is 0 Å². The maximum Gasteiger partial charge on any atom is 0.125 e. The van der Waals surface area contributed by atoms with Crippen molar-refractivity contribution in [2.24, 2.45) is 7.05 Å². The van der Waals surface area contributed by atoms with Crippen LogP contribution in [0.1, 0.15) is 45.3 Å². The predicted molar refractivity (Wildman–Crippen MR) is 139 cm³/mol. The Labute approximate surface area is 217 Å². The molecule has 0 amide bonds. The second-order valence-corrected chi connectivity index (χ2v) is 7.93. The number of ether oxygens (including phenoxy) is 1. The fourth-order valence-corrected chi connectivity index (χ4v) is 3.81. The Bertz CT molecular complexity index is 1380. The van der Waals surface area contributed by atoms with Crippen LogP contribution in [0.25, 0.3) is 11.1 Å². The highest BCUT2D eigenvalue weighted by Gasteiger charge is 2.21. The minimum atomic E-state index is -0.411. The summed E-state index contributed by atoms with van der Waals surface area (Å²) in [6.07, 6.45) is 4.65. The lowest BCUT2D eigenvalue weighted by Crippen LogP contribution is -2.11. The third kappa shape index (κ3) is 5.88. The van der Waals surface area contributed by atoms with E-state index in [0.717, 1.165) is 33.6 Å². The molecule has 178 valence electrons. The molecule has 6 nitrogen and oxygen atoms in total. The first-order valence-corrected chi connectivity index (χ1v) is 10.5. The Morgan fingerprint density at radius 3 is 2.40 bits per heavy atom. The summed E-state index contributed by atoms with van der Waals surface area (Å²) < 4.78 is 8.27. The van der Waals surface area contributed by atoms with Crippen LogP contribution in [-0.2, 0) is 18.4 Å². The van der Waals surface area contributed by atoms with Gasteiger partial charge in [-0.1, -0.05) is 24.3 Å². The quantitative estimate of drug-likeness (QED) is 0.321. The molecule has 0 aliphatic carbocycles. The molecule has 0 spiro atoms. The number of benzene rings is 2. The van der Waals surface area contributed by atoms with Crippen molar-refractivity contribution in [3.05, 3.63) is 106 Å². The highest BCUT2D eigenvalue weighted by atomic mass is 35.5. The van der Waals surface area contributed by atoms with Crippen molar-refractivity contribution in [1.29, 1.82) is 10.5 Å². The molecule has 0 saturated heterocycles. The van der Waals surface area contributed by atoms with Crippen LogP contribution in [0.4, 0.5) is 0 Å². The Kier molecular flexibility index (Phi) is 9.57. The first-order valence-electron chi connectivity index (χ1n) is 10.5. The minimum Gasteiger partial charge on any atom is -0.361 e. The van der Waals surface area contributed by atoms with Gasteiger partial charge in [0.2, 0.25) is 0 Å². The first kappa shape index (κ1) is 27.6. The van der Waals surface area contributed by atoms with E-state index >= 15 is 0 Å². The van der Waals surface area contributed by atoms with Gasteiger partial charge in [-0.15, -0.1) is 24.8 Å². The van der Waals surface area contributed by atoms with E-state index in [9.17, 15) is 5.26 Å². The van der Waals surface area contributed by atoms with Gasteiger partial charge in [-0.2, -0.15) is 10.5 Å². The molecule has 0 bridgehead atoms. The number of hydrogen-bond donors (Lipinski definition) is 0. The van der Waals surface area contributed by atoms with E-state index in [-0.39, 0.29) is 31.4 Å². The Morgan fingerprint density at radius 2 is 1.77 bits per heavy atom. The number of nitriles is 2. The molecule has 2 heterocycles. The van der Waals surface area contributed by atoms with Crippen molar-refractivity contribution in [1.82, 2.24) is 14.5 Å². The third-order valence-electron chi connectivity index (χ3n) is 5.84. The Balaban J connectivity index is 0.00000216. The van der Waals surface area contributed by atoms with Gasteiger partial charge in [0.15, 0.2) is 0 Å². The number of halogens is 2. The molecule has 8 heteroatoms.